The van der Waals surface area contributed by atoms with Crippen LogP contribution in [0.2, 0.25) is 0 Å². The van der Waals surface area contributed by atoms with Gasteiger partial charge in [-0.15, -0.1) is 0 Å². The van der Waals surface area contributed by atoms with Gasteiger partial charge in [-0.25, -0.2) is 9.97 Å². The summed E-state index contributed by atoms with van der Waals surface area (Å²) in [5.41, 5.74) is 2.14. The SMILES string of the molecule is Cn1cnc2c(NC3(C)CCNC3)nccc21. The van der Waals surface area contributed by atoms with Crippen LogP contribution in [-0.4, -0.2) is 33.2 Å². The lowest BCUT2D eigenvalue weighted by atomic mass is 10.0. The summed E-state index contributed by atoms with van der Waals surface area (Å²) in [6.45, 7) is 4.25. The highest BCUT2D eigenvalue weighted by atomic mass is 15.1. The van der Waals surface area contributed by atoms with Gasteiger partial charge in [-0.2, -0.15) is 0 Å². The maximum Gasteiger partial charge on any atom is 0.154 e. The van der Waals surface area contributed by atoms with E-state index >= 15 is 0 Å². The van der Waals surface area contributed by atoms with Crippen LogP contribution in [0, 0.1) is 0 Å². The van der Waals surface area contributed by atoms with E-state index in [0.717, 1.165) is 36.4 Å². The maximum absolute atomic E-state index is 4.41. The molecule has 17 heavy (non-hydrogen) atoms. The van der Waals surface area contributed by atoms with E-state index in [1.807, 2.05) is 30.2 Å². The molecular weight excluding hydrogens is 214 g/mol. The molecule has 1 fully saturated rings. The van der Waals surface area contributed by atoms with Crippen LogP contribution in [0.4, 0.5) is 5.82 Å². The van der Waals surface area contributed by atoms with E-state index in [1.54, 1.807) is 0 Å². The fraction of sp³-hybridized carbons (Fsp3) is 0.500. The molecule has 2 aromatic heterocycles. The molecular formula is C12H17N5. The number of aromatic nitrogens is 3. The number of pyridine rings is 1. The van der Waals surface area contributed by atoms with Crippen LogP contribution in [0.1, 0.15) is 13.3 Å². The van der Waals surface area contributed by atoms with E-state index in [2.05, 4.69) is 27.5 Å². The third-order valence-corrected chi connectivity index (χ3v) is 3.43. The number of anilines is 1. The number of fused-ring (bicyclic) bond motifs is 1. The Morgan fingerprint density at radius 2 is 2.35 bits per heavy atom. The van der Waals surface area contributed by atoms with Crippen LogP contribution in [-0.2, 0) is 7.05 Å². The van der Waals surface area contributed by atoms with Gasteiger partial charge in [0, 0.05) is 25.3 Å². The summed E-state index contributed by atoms with van der Waals surface area (Å²) in [7, 11) is 2.00. The number of hydrogen-bond donors (Lipinski definition) is 2. The molecule has 1 saturated heterocycles. The number of nitrogens with one attached hydrogen (secondary N) is 2. The molecule has 90 valence electrons. The molecule has 5 heteroatoms. The third-order valence-electron chi connectivity index (χ3n) is 3.43. The minimum atomic E-state index is 0.0821. The number of aryl methyl sites for hydroxylation is 1. The normalized spacial score (nSPS) is 24.4. The van der Waals surface area contributed by atoms with Crippen molar-refractivity contribution in [1.82, 2.24) is 19.9 Å². The molecule has 0 aliphatic carbocycles. The quantitative estimate of drug-likeness (QED) is 0.813. The average molecular weight is 231 g/mol. The largest absolute Gasteiger partial charge is 0.362 e. The summed E-state index contributed by atoms with van der Waals surface area (Å²) < 4.78 is 2.01. The van der Waals surface area contributed by atoms with Gasteiger partial charge in [-0.1, -0.05) is 0 Å². The molecule has 1 aliphatic heterocycles. The Hall–Kier alpha value is -1.62. The van der Waals surface area contributed by atoms with Crippen LogP contribution in [0.3, 0.4) is 0 Å². The first kappa shape index (κ1) is 10.5. The lowest BCUT2D eigenvalue weighted by Crippen LogP contribution is -2.37. The van der Waals surface area contributed by atoms with Crippen LogP contribution < -0.4 is 10.6 Å². The molecule has 3 heterocycles. The standard InChI is InChI=1S/C12H17N5/c1-12(4-6-13-7-12)16-11-10-9(3-5-14-11)17(2)8-15-10/h3,5,8,13H,4,6-7H2,1-2H3,(H,14,16). The number of nitrogens with zero attached hydrogens (tertiary/aromatic N) is 3. The lowest BCUT2D eigenvalue weighted by molar-refractivity contribution is 0.565. The predicted octanol–water partition coefficient (Wildman–Crippen LogP) is 1.13. The Morgan fingerprint density at radius 3 is 3.12 bits per heavy atom. The van der Waals surface area contributed by atoms with E-state index in [1.165, 1.54) is 0 Å². The average Bonchev–Trinajstić information content (AvgIpc) is 2.88. The number of imidazole rings is 1. The van der Waals surface area contributed by atoms with Crippen LogP contribution in [0.25, 0.3) is 11.0 Å². The molecule has 1 unspecified atom stereocenters. The highest BCUT2D eigenvalue weighted by molar-refractivity contribution is 5.86. The molecule has 0 amide bonds. The van der Waals surface area contributed by atoms with Gasteiger partial charge in [0.1, 0.15) is 5.52 Å². The van der Waals surface area contributed by atoms with Crippen molar-refractivity contribution < 1.29 is 0 Å². The minimum Gasteiger partial charge on any atom is -0.362 e. The first-order chi connectivity index (χ1) is 8.18. The van der Waals surface area contributed by atoms with Gasteiger partial charge in [0.15, 0.2) is 5.82 Å². The molecule has 0 bridgehead atoms. The monoisotopic (exact) mass is 231 g/mol. The summed E-state index contributed by atoms with van der Waals surface area (Å²) in [4.78, 5) is 8.82. The van der Waals surface area contributed by atoms with Gasteiger partial charge >= 0.3 is 0 Å². The molecule has 1 atom stereocenters. The Bertz CT molecular complexity index is 539. The fourth-order valence-electron chi connectivity index (χ4n) is 2.36. The van der Waals surface area contributed by atoms with Crippen molar-refractivity contribution in [2.45, 2.75) is 18.9 Å². The first-order valence-electron chi connectivity index (χ1n) is 5.93. The van der Waals surface area contributed by atoms with E-state index in [0.29, 0.717) is 0 Å². The smallest absolute Gasteiger partial charge is 0.154 e. The lowest BCUT2D eigenvalue weighted by Gasteiger charge is -2.25. The van der Waals surface area contributed by atoms with Crippen molar-refractivity contribution in [1.29, 1.82) is 0 Å². The second-order valence-corrected chi connectivity index (χ2v) is 5.00. The highest BCUT2D eigenvalue weighted by Gasteiger charge is 2.29. The predicted molar refractivity (Wildman–Crippen MR) is 68.0 cm³/mol. The maximum atomic E-state index is 4.41. The van der Waals surface area contributed by atoms with E-state index < -0.39 is 0 Å². The number of hydrogen-bond acceptors (Lipinski definition) is 4. The Kier molecular flexibility index (Phi) is 2.29. The van der Waals surface area contributed by atoms with Crippen molar-refractivity contribution in [3.8, 4) is 0 Å². The van der Waals surface area contributed by atoms with Crippen molar-refractivity contribution in [2.75, 3.05) is 18.4 Å². The van der Waals surface area contributed by atoms with Gasteiger partial charge in [-0.3, -0.25) is 0 Å². The van der Waals surface area contributed by atoms with E-state index in [9.17, 15) is 0 Å². The van der Waals surface area contributed by atoms with Crippen LogP contribution in [0.15, 0.2) is 18.6 Å². The van der Waals surface area contributed by atoms with Gasteiger partial charge in [0.25, 0.3) is 0 Å². The summed E-state index contributed by atoms with van der Waals surface area (Å²) in [5.74, 6) is 0.884. The van der Waals surface area contributed by atoms with Gasteiger partial charge < -0.3 is 15.2 Å². The van der Waals surface area contributed by atoms with Crippen LogP contribution in [0.5, 0.6) is 0 Å². The summed E-state index contributed by atoms with van der Waals surface area (Å²) in [6, 6.07) is 1.99. The zero-order valence-electron chi connectivity index (χ0n) is 10.2. The van der Waals surface area contributed by atoms with Gasteiger partial charge in [-0.05, 0) is 26.0 Å². The molecule has 0 saturated carbocycles. The Labute approximate surface area is 100 Å². The van der Waals surface area contributed by atoms with E-state index in [4.69, 9.17) is 0 Å². The van der Waals surface area contributed by atoms with Gasteiger partial charge in [0.2, 0.25) is 0 Å². The van der Waals surface area contributed by atoms with Gasteiger partial charge in [0.05, 0.1) is 11.8 Å². The molecule has 2 aromatic rings. The topological polar surface area (TPSA) is 54.8 Å². The van der Waals surface area contributed by atoms with Crippen LogP contribution >= 0.6 is 0 Å². The van der Waals surface area contributed by atoms with Crippen molar-refractivity contribution >= 4 is 16.9 Å². The summed E-state index contributed by atoms with van der Waals surface area (Å²) in [6.07, 6.45) is 4.77. The molecule has 3 rings (SSSR count). The third kappa shape index (κ3) is 1.76. The molecule has 0 radical (unpaired) electrons. The molecule has 0 aromatic carbocycles. The molecule has 1 aliphatic rings. The summed E-state index contributed by atoms with van der Waals surface area (Å²) in [5, 5.41) is 6.89. The Morgan fingerprint density at radius 1 is 1.47 bits per heavy atom. The second kappa shape index (κ2) is 3.70. The van der Waals surface area contributed by atoms with Crippen molar-refractivity contribution in [3.63, 3.8) is 0 Å². The molecule has 5 nitrogen and oxygen atoms in total. The summed E-state index contributed by atoms with van der Waals surface area (Å²) >= 11 is 0. The highest BCUT2D eigenvalue weighted by Crippen LogP contribution is 2.24. The number of rotatable bonds is 2. The fourth-order valence-corrected chi connectivity index (χ4v) is 2.36. The molecule has 2 N–H and O–H groups in total. The first-order valence-corrected chi connectivity index (χ1v) is 5.93. The second-order valence-electron chi connectivity index (χ2n) is 5.00. The van der Waals surface area contributed by atoms with Crippen molar-refractivity contribution in [3.05, 3.63) is 18.6 Å². The zero-order valence-corrected chi connectivity index (χ0v) is 10.2. The van der Waals surface area contributed by atoms with Crippen molar-refractivity contribution in [2.24, 2.45) is 7.05 Å². The minimum absolute atomic E-state index is 0.0821. The molecule has 0 spiro atoms. The zero-order chi connectivity index (χ0) is 11.9. The Balaban J connectivity index is 2.00. The van der Waals surface area contributed by atoms with E-state index in [-0.39, 0.29) is 5.54 Å².